The second-order valence-electron chi connectivity index (χ2n) is 6.48. The molecule has 1 atom stereocenters. The van der Waals surface area contributed by atoms with Crippen LogP contribution in [0.1, 0.15) is 30.0 Å². The van der Waals surface area contributed by atoms with Crippen LogP contribution in [0.2, 0.25) is 0 Å². The van der Waals surface area contributed by atoms with E-state index in [9.17, 15) is 0 Å². The van der Waals surface area contributed by atoms with Crippen molar-refractivity contribution < 1.29 is 4.74 Å². The van der Waals surface area contributed by atoms with Gasteiger partial charge in [-0.1, -0.05) is 54.6 Å². The number of piperazine rings is 1. The van der Waals surface area contributed by atoms with E-state index < -0.39 is 0 Å². The molecule has 1 fully saturated rings. The van der Waals surface area contributed by atoms with Gasteiger partial charge in [0.15, 0.2) is 0 Å². The molecule has 0 spiro atoms. The van der Waals surface area contributed by atoms with Gasteiger partial charge in [-0.15, -0.1) is 6.58 Å². The summed E-state index contributed by atoms with van der Waals surface area (Å²) >= 11 is 0. The predicted molar refractivity (Wildman–Crippen MR) is 104 cm³/mol. The van der Waals surface area contributed by atoms with Crippen LogP contribution in [0.5, 0.6) is 5.75 Å². The topological polar surface area (TPSA) is 24.5 Å². The minimum Gasteiger partial charge on any atom is -0.489 e. The number of ether oxygens (including phenoxy) is 1. The summed E-state index contributed by atoms with van der Waals surface area (Å²) in [6, 6.07) is 19.2. The van der Waals surface area contributed by atoms with Gasteiger partial charge in [0.2, 0.25) is 0 Å². The Labute approximate surface area is 151 Å². The molecule has 3 nitrogen and oxygen atoms in total. The zero-order valence-electron chi connectivity index (χ0n) is 14.9. The predicted octanol–water partition coefficient (Wildman–Crippen LogP) is 4.18. The molecule has 1 saturated heterocycles. The summed E-state index contributed by atoms with van der Waals surface area (Å²) in [4.78, 5) is 2.57. The summed E-state index contributed by atoms with van der Waals surface area (Å²) in [5.41, 5.74) is 2.49. The van der Waals surface area contributed by atoms with Gasteiger partial charge >= 0.3 is 0 Å². The Balaban J connectivity index is 1.78. The van der Waals surface area contributed by atoms with Crippen molar-refractivity contribution >= 4 is 0 Å². The quantitative estimate of drug-likeness (QED) is 0.732. The average molecular weight is 336 g/mol. The van der Waals surface area contributed by atoms with Crippen LogP contribution < -0.4 is 10.1 Å². The van der Waals surface area contributed by atoms with Gasteiger partial charge in [-0.25, -0.2) is 0 Å². The lowest BCUT2D eigenvalue weighted by Gasteiger charge is -2.36. The van der Waals surface area contributed by atoms with Gasteiger partial charge in [0.1, 0.15) is 12.4 Å². The molecule has 0 bridgehead atoms. The number of nitrogens with one attached hydrogen (secondary N) is 1. The van der Waals surface area contributed by atoms with Crippen molar-refractivity contribution in [2.24, 2.45) is 0 Å². The Hall–Kier alpha value is -2.10. The summed E-state index contributed by atoms with van der Waals surface area (Å²) < 4.78 is 6.21. The van der Waals surface area contributed by atoms with Gasteiger partial charge < -0.3 is 10.1 Å². The molecule has 3 heteroatoms. The van der Waals surface area contributed by atoms with Crippen LogP contribution in [0.15, 0.2) is 67.3 Å². The molecule has 0 unspecified atom stereocenters. The van der Waals surface area contributed by atoms with Gasteiger partial charge in [-0.3, -0.25) is 4.90 Å². The Morgan fingerprint density at radius 3 is 2.52 bits per heavy atom. The van der Waals surface area contributed by atoms with Crippen molar-refractivity contribution in [3.05, 3.63) is 78.4 Å². The monoisotopic (exact) mass is 336 g/mol. The molecule has 0 aliphatic carbocycles. The number of hydrogen-bond acceptors (Lipinski definition) is 3. The Bertz CT molecular complexity index is 650. The normalized spacial score (nSPS) is 16.3. The summed E-state index contributed by atoms with van der Waals surface area (Å²) in [6.45, 7) is 8.78. The highest BCUT2D eigenvalue weighted by Gasteiger charge is 2.24. The maximum absolute atomic E-state index is 6.21. The maximum Gasteiger partial charge on any atom is 0.124 e. The minimum atomic E-state index is 0.382. The van der Waals surface area contributed by atoms with E-state index in [1.165, 1.54) is 11.1 Å². The lowest BCUT2D eigenvalue weighted by atomic mass is 9.98. The van der Waals surface area contributed by atoms with Crippen molar-refractivity contribution in [2.75, 3.05) is 26.2 Å². The number of hydrogen-bond donors (Lipinski definition) is 1. The molecule has 1 N–H and O–H groups in total. The van der Waals surface area contributed by atoms with Crippen LogP contribution in [-0.2, 0) is 6.61 Å². The lowest BCUT2D eigenvalue weighted by molar-refractivity contribution is 0.161. The second-order valence-corrected chi connectivity index (χ2v) is 6.48. The highest BCUT2D eigenvalue weighted by molar-refractivity contribution is 5.36. The number of rotatable bonds is 8. The highest BCUT2D eigenvalue weighted by atomic mass is 16.5. The zero-order chi connectivity index (χ0) is 17.3. The molecular weight excluding hydrogens is 308 g/mol. The first-order valence-corrected chi connectivity index (χ1v) is 9.20. The molecule has 0 saturated carbocycles. The number of para-hydroxylation sites is 1. The van der Waals surface area contributed by atoms with Crippen LogP contribution in [0.4, 0.5) is 0 Å². The first-order chi connectivity index (χ1) is 12.4. The molecule has 3 rings (SSSR count). The molecule has 2 aromatic rings. The van der Waals surface area contributed by atoms with E-state index in [0.717, 1.165) is 44.8 Å². The molecule has 132 valence electrons. The van der Waals surface area contributed by atoms with Crippen LogP contribution in [0, 0.1) is 0 Å². The molecule has 1 aliphatic heterocycles. The fraction of sp³-hybridized carbons (Fsp3) is 0.364. The van der Waals surface area contributed by atoms with E-state index in [1.54, 1.807) is 0 Å². The van der Waals surface area contributed by atoms with Crippen LogP contribution >= 0.6 is 0 Å². The summed E-state index contributed by atoms with van der Waals surface area (Å²) in [6.07, 6.45) is 4.11. The zero-order valence-corrected chi connectivity index (χ0v) is 14.9. The number of benzene rings is 2. The largest absolute Gasteiger partial charge is 0.489 e. The average Bonchev–Trinajstić information content (AvgIpc) is 2.69. The maximum atomic E-state index is 6.21. The van der Waals surface area contributed by atoms with E-state index in [4.69, 9.17) is 4.74 Å². The van der Waals surface area contributed by atoms with Gasteiger partial charge in [0, 0.05) is 37.8 Å². The molecule has 2 aromatic carbocycles. The van der Waals surface area contributed by atoms with Gasteiger partial charge in [-0.05, 0) is 24.5 Å². The fourth-order valence-corrected chi connectivity index (χ4v) is 3.43. The summed E-state index contributed by atoms with van der Waals surface area (Å²) in [5, 5.41) is 3.45. The van der Waals surface area contributed by atoms with Crippen molar-refractivity contribution in [1.29, 1.82) is 0 Å². The smallest absolute Gasteiger partial charge is 0.124 e. The first kappa shape index (κ1) is 17.7. The highest BCUT2D eigenvalue weighted by Crippen LogP contribution is 2.33. The Morgan fingerprint density at radius 2 is 1.76 bits per heavy atom. The molecule has 0 amide bonds. The fourth-order valence-electron chi connectivity index (χ4n) is 3.43. The molecule has 1 heterocycles. The van der Waals surface area contributed by atoms with Crippen LogP contribution in [0.25, 0.3) is 0 Å². The molecular formula is C22H28N2O. The third-order valence-corrected chi connectivity index (χ3v) is 4.75. The minimum absolute atomic E-state index is 0.382. The van der Waals surface area contributed by atoms with Crippen LogP contribution in [-0.4, -0.2) is 31.1 Å². The molecule has 1 aliphatic rings. The third kappa shape index (κ3) is 4.94. The van der Waals surface area contributed by atoms with Crippen LogP contribution in [0.3, 0.4) is 0 Å². The number of nitrogens with zero attached hydrogens (tertiary/aromatic N) is 1. The summed E-state index contributed by atoms with van der Waals surface area (Å²) in [7, 11) is 0. The standard InChI is InChI=1S/C22H28N2O/c1-2-3-12-21(24-16-14-23-15-17-24)20-11-7-8-13-22(20)25-18-19-9-5-4-6-10-19/h2,4-11,13,21,23H,1,3,12,14-18H2/t21-/m1/s1. The Kier molecular flexibility index (Phi) is 6.66. The van der Waals surface area contributed by atoms with E-state index in [-0.39, 0.29) is 0 Å². The van der Waals surface area contributed by atoms with E-state index in [0.29, 0.717) is 12.6 Å². The molecule has 0 aromatic heterocycles. The van der Waals surface area contributed by atoms with Gasteiger partial charge in [-0.2, -0.15) is 0 Å². The van der Waals surface area contributed by atoms with Crippen molar-refractivity contribution in [2.45, 2.75) is 25.5 Å². The first-order valence-electron chi connectivity index (χ1n) is 9.20. The van der Waals surface area contributed by atoms with E-state index in [2.05, 4.69) is 65.3 Å². The molecule has 25 heavy (non-hydrogen) atoms. The van der Waals surface area contributed by atoms with Crippen molar-refractivity contribution in [3.63, 3.8) is 0 Å². The SMILES string of the molecule is C=CCC[C@H](c1ccccc1OCc1ccccc1)N1CCNCC1. The van der Waals surface area contributed by atoms with Crippen molar-refractivity contribution in [3.8, 4) is 5.75 Å². The van der Waals surface area contributed by atoms with Gasteiger partial charge in [0.25, 0.3) is 0 Å². The lowest BCUT2D eigenvalue weighted by Crippen LogP contribution is -2.45. The molecule has 0 radical (unpaired) electrons. The van der Waals surface area contributed by atoms with E-state index >= 15 is 0 Å². The van der Waals surface area contributed by atoms with Gasteiger partial charge in [0.05, 0.1) is 0 Å². The summed E-state index contributed by atoms with van der Waals surface area (Å²) in [5.74, 6) is 0.999. The van der Waals surface area contributed by atoms with Crippen molar-refractivity contribution in [1.82, 2.24) is 10.2 Å². The van der Waals surface area contributed by atoms with E-state index in [1.807, 2.05) is 12.1 Å². The number of allylic oxidation sites excluding steroid dienone is 1. The second kappa shape index (κ2) is 9.40. The third-order valence-electron chi connectivity index (χ3n) is 4.75. The Morgan fingerprint density at radius 1 is 1.04 bits per heavy atom.